The Morgan fingerprint density at radius 1 is 1.19 bits per heavy atom. The van der Waals surface area contributed by atoms with Crippen LogP contribution in [0.3, 0.4) is 0 Å². The molecule has 0 spiro atoms. The van der Waals surface area contributed by atoms with Crippen molar-refractivity contribution in [3.63, 3.8) is 0 Å². The molecule has 1 aliphatic rings. The lowest BCUT2D eigenvalue weighted by atomic mass is 10.1. The van der Waals surface area contributed by atoms with E-state index >= 15 is 0 Å². The van der Waals surface area contributed by atoms with Gasteiger partial charge in [-0.2, -0.15) is 0 Å². The van der Waals surface area contributed by atoms with Gasteiger partial charge in [0, 0.05) is 27.9 Å². The van der Waals surface area contributed by atoms with Gasteiger partial charge in [0.25, 0.3) is 5.91 Å². The maximum absolute atomic E-state index is 12.4. The highest BCUT2D eigenvalue weighted by atomic mass is 79.9. The van der Waals surface area contributed by atoms with Crippen LogP contribution in [0.4, 0.5) is 5.69 Å². The normalized spacial score (nSPS) is 12.3. The van der Waals surface area contributed by atoms with Crippen LogP contribution in [0.25, 0.3) is 0 Å². The summed E-state index contributed by atoms with van der Waals surface area (Å²) in [5.41, 5.74) is 5.74. The average Bonchev–Trinajstić information content (AvgIpc) is 2.90. The molecule has 108 valence electrons. The van der Waals surface area contributed by atoms with Crippen LogP contribution in [0.1, 0.15) is 21.5 Å². The maximum atomic E-state index is 12.4. The van der Waals surface area contributed by atoms with Crippen molar-refractivity contribution in [1.82, 2.24) is 5.64 Å². The van der Waals surface area contributed by atoms with Gasteiger partial charge in [0.15, 0.2) is 11.5 Å². The topological polar surface area (TPSA) is 59.6 Å². The van der Waals surface area contributed by atoms with Crippen molar-refractivity contribution in [1.29, 1.82) is 0 Å². The molecular weight excluding hydrogens is 336 g/mol. The van der Waals surface area contributed by atoms with Gasteiger partial charge in [-0.3, -0.25) is 4.79 Å². The number of fused-ring (bicyclic) bond motifs is 1. The van der Waals surface area contributed by atoms with E-state index in [4.69, 9.17) is 9.68 Å². The van der Waals surface area contributed by atoms with Gasteiger partial charge >= 0.3 is 0 Å². The zero-order chi connectivity index (χ0) is 15.0. The van der Waals surface area contributed by atoms with Crippen LogP contribution in [-0.4, -0.2) is 5.91 Å². The summed E-state index contributed by atoms with van der Waals surface area (Å²) in [6.07, 6.45) is 0. The summed E-state index contributed by atoms with van der Waals surface area (Å²) in [5.74, 6) is 0.795. The summed E-state index contributed by atoms with van der Waals surface area (Å²) in [7, 11) is 0. The minimum atomic E-state index is -0.214. The number of nitrogens with one attached hydrogen (secondary N) is 2. The van der Waals surface area contributed by atoms with Crippen LogP contribution >= 0.6 is 15.9 Å². The van der Waals surface area contributed by atoms with Crippen molar-refractivity contribution in [2.24, 2.45) is 0 Å². The second kappa shape index (κ2) is 5.38. The summed E-state index contributed by atoms with van der Waals surface area (Å²) in [4.78, 5) is 22.5. The molecular formula is C15H13BrN2O3. The highest BCUT2D eigenvalue weighted by molar-refractivity contribution is 9.10. The van der Waals surface area contributed by atoms with E-state index in [2.05, 4.69) is 26.9 Å². The third-order valence-electron chi connectivity index (χ3n) is 3.43. The predicted molar refractivity (Wildman–Crippen MR) is 82.4 cm³/mol. The molecule has 0 aliphatic carbocycles. The molecule has 0 unspecified atom stereocenters. The quantitative estimate of drug-likeness (QED) is 0.871. The highest BCUT2D eigenvalue weighted by Gasteiger charge is 2.21. The van der Waals surface area contributed by atoms with E-state index in [1.54, 1.807) is 12.1 Å². The number of rotatable bonds is 2. The molecule has 0 saturated heterocycles. The third kappa shape index (κ3) is 2.59. The summed E-state index contributed by atoms with van der Waals surface area (Å²) in [6.45, 7) is 3.98. The molecule has 2 aromatic carbocycles. The Morgan fingerprint density at radius 3 is 2.67 bits per heavy atom. The molecule has 21 heavy (non-hydrogen) atoms. The zero-order valence-corrected chi connectivity index (χ0v) is 13.1. The lowest BCUT2D eigenvalue weighted by molar-refractivity contribution is 0.0259. The first kappa shape index (κ1) is 13.9. The fourth-order valence-electron chi connectivity index (χ4n) is 2.06. The van der Waals surface area contributed by atoms with Crippen LogP contribution in [0.2, 0.25) is 0 Å². The molecule has 5 nitrogen and oxygen atoms in total. The fourth-order valence-corrected chi connectivity index (χ4v) is 2.56. The van der Waals surface area contributed by atoms with Gasteiger partial charge in [0.1, 0.15) is 0 Å². The van der Waals surface area contributed by atoms with Gasteiger partial charge in [-0.15, -0.1) is 0 Å². The molecule has 0 bridgehead atoms. The van der Waals surface area contributed by atoms with E-state index in [1.807, 2.05) is 32.0 Å². The number of halogens is 1. The van der Waals surface area contributed by atoms with Crippen molar-refractivity contribution in [2.75, 3.05) is 5.32 Å². The van der Waals surface area contributed by atoms with Crippen molar-refractivity contribution in [2.45, 2.75) is 13.8 Å². The third-order valence-corrected chi connectivity index (χ3v) is 4.09. The van der Waals surface area contributed by atoms with E-state index < -0.39 is 0 Å². The average molecular weight is 349 g/mol. The van der Waals surface area contributed by atoms with E-state index in [0.717, 1.165) is 16.8 Å². The summed E-state index contributed by atoms with van der Waals surface area (Å²) < 4.78 is 0.636. The number of hydrogen-bond donors (Lipinski definition) is 2. The molecule has 2 aromatic rings. The molecule has 0 atom stereocenters. The molecule has 1 aliphatic heterocycles. The van der Waals surface area contributed by atoms with Gasteiger partial charge < -0.3 is 15.0 Å². The van der Waals surface area contributed by atoms with Crippen LogP contribution < -0.4 is 20.6 Å². The summed E-state index contributed by atoms with van der Waals surface area (Å²) in [5, 5.41) is 2.91. The van der Waals surface area contributed by atoms with Crippen LogP contribution in [0, 0.1) is 13.8 Å². The summed E-state index contributed by atoms with van der Waals surface area (Å²) in [6, 6.07) is 9.11. The van der Waals surface area contributed by atoms with Gasteiger partial charge in [-0.05, 0) is 47.0 Å². The molecule has 1 amide bonds. The highest BCUT2D eigenvalue weighted by Crippen LogP contribution is 2.36. The molecule has 0 aromatic heterocycles. The van der Waals surface area contributed by atoms with Crippen molar-refractivity contribution < 1.29 is 14.5 Å². The van der Waals surface area contributed by atoms with Crippen molar-refractivity contribution in [3.05, 3.63) is 51.5 Å². The Balaban J connectivity index is 1.91. The summed E-state index contributed by atoms with van der Waals surface area (Å²) >= 11 is 3.37. The first-order valence-corrected chi connectivity index (χ1v) is 7.15. The lowest BCUT2D eigenvalue weighted by Gasteiger charge is -2.11. The molecule has 1 heterocycles. The number of carbonyl (C=O) groups is 1. The largest absolute Gasteiger partial charge is 0.370 e. The second-order valence-electron chi connectivity index (χ2n) is 4.77. The Labute approximate surface area is 130 Å². The minimum absolute atomic E-state index is 0.214. The Kier molecular flexibility index (Phi) is 3.57. The van der Waals surface area contributed by atoms with E-state index in [-0.39, 0.29) is 5.91 Å². The number of anilines is 1. The smallest absolute Gasteiger partial charge is 0.256 e. The fraction of sp³-hybridized carbons (Fsp3) is 0.133. The van der Waals surface area contributed by atoms with Crippen LogP contribution in [-0.2, 0) is 0 Å². The van der Waals surface area contributed by atoms with E-state index in [1.165, 1.54) is 0 Å². The maximum Gasteiger partial charge on any atom is 0.256 e. The SMILES string of the molecule is Cc1cccc(NC(=O)c2cc3c(cc2Br)ONO3)c1C. The van der Waals surface area contributed by atoms with Crippen molar-refractivity contribution >= 4 is 27.5 Å². The molecule has 0 saturated carbocycles. The van der Waals surface area contributed by atoms with Gasteiger partial charge in [-0.1, -0.05) is 12.1 Å². The Bertz CT molecular complexity index is 731. The van der Waals surface area contributed by atoms with E-state index in [9.17, 15) is 4.79 Å². The molecule has 3 rings (SSSR count). The molecule has 6 heteroatoms. The van der Waals surface area contributed by atoms with E-state index in [0.29, 0.717) is 21.5 Å². The van der Waals surface area contributed by atoms with Gasteiger partial charge in [0.2, 0.25) is 0 Å². The Morgan fingerprint density at radius 2 is 1.90 bits per heavy atom. The number of hydrogen-bond acceptors (Lipinski definition) is 4. The first-order valence-electron chi connectivity index (χ1n) is 6.36. The predicted octanol–water partition coefficient (Wildman–Crippen LogP) is 3.51. The zero-order valence-electron chi connectivity index (χ0n) is 11.5. The number of aryl methyl sites for hydroxylation is 1. The Hall–Kier alpha value is -2.05. The molecule has 2 N–H and O–H groups in total. The van der Waals surface area contributed by atoms with Gasteiger partial charge in [0.05, 0.1) is 5.56 Å². The standard InChI is InChI=1S/C15H13BrN2O3/c1-8-4-3-5-12(9(8)2)17-15(19)10-6-13-14(7-11(10)16)21-18-20-13/h3-7,18H,1-2H3,(H,17,19). The lowest BCUT2D eigenvalue weighted by Crippen LogP contribution is -2.14. The monoisotopic (exact) mass is 348 g/mol. The second-order valence-corrected chi connectivity index (χ2v) is 5.62. The van der Waals surface area contributed by atoms with Crippen LogP contribution in [0.15, 0.2) is 34.8 Å². The number of carbonyl (C=O) groups excluding carboxylic acids is 1. The van der Waals surface area contributed by atoms with Gasteiger partial charge in [-0.25, -0.2) is 0 Å². The molecule has 0 fully saturated rings. The minimum Gasteiger partial charge on any atom is -0.370 e. The van der Waals surface area contributed by atoms with Crippen molar-refractivity contribution in [3.8, 4) is 11.5 Å². The van der Waals surface area contributed by atoms with Crippen LogP contribution in [0.5, 0.6) is 11.5 Å². The number of benzene rings is 2. The molecule has 0 radical (unpaired) electrons. The first-order chi connectivity index (χ1) is 10.1. The number of amides is 1.